The number of hydrogen-bond donors (Lipinski definition) is 0. The predicted octanol–water partition coefficient (Wildman–Crippen LogP) is 5.81. The van der Waals surface area contributed by atoms with Crippen molar-refractivity contribution in [1.29, 1.82) is 0 Å². The van der Waals surface area contributed by atoms with Crippen molar-refractivity contribution in [2.24, 2.45) is 0 Å². The number of ketones is 1. The monoisotopic (exact) mass is 573 g/mol. The molecule has 38 heavy (non-hydrogen) atoms. The third kappa shape index (κ3) is 5.23. The highest BCUT2D eigenvalue weighted by Gasteiger charge is 2.52. The fourth-order valence-corrected chi connectivity index (χ4v) is 6.07. The molecule has 0 aliphatic heterocycles. The summed E-state index contributed by atoms with van der Waals surface area (Å²) in [4.78, 5) is 21.3. The minimum Gasteiger partial charge on any atom is -0.334 e. The Morgan fingerprint density at radius 3 is 2.26 bits per heavy atom. The number of benzene rings is 2. The van der Waals surface area contributed by atoms with Gasteiger partial charge in [0.15, 0.2) is 20.7 Å². The van der Waals surface area contributed by atoms with E-state index in [-0.39, 0.29) is 41.1 Å². The smallest absolute Gasteiger partial charge is 0.257 e. The van der Waals surface area contributed by atoms with E-state index in [0.29, 0.717) is 38.1 Å². The van der Waals surface area contributed by atoms with Gasteiger partial charge in [-0.05, 0) is 66.4 Å². The Bertz CT molecular complexity index is 1590. The van der Waals surface area contributed by atoms with E-state index in [1.165, 1.54) is 24.4 Å². The minimum absolute atomic E-state index is 0.00857. The van der Waals surface area contributed by atoms with Crippen LogP contribution in [0.15, 0.2) is 64.3 Å². The molecule has 1 aliphatic carbocycles. The molecule has 7 nitrogen and oxygen atoms in total. The normalized spacial score (nSPS) is 14.4. The third-order valence-electron chi connectivity index (χ3n) is 6.57. The molecule has 2 aromatic heterocycles. The number of sulfone groups is 1. The molecule has 11 heteroatoms. The highest BCUT2D eigenvalue weighted by atomic mass is 35.5. The van der Waals surface area contributed by atoms with Crippen molar-refractivity contribution in [1.82, 2.24) is 15.1 Å². The zero-order chi connectivity index (χ0) is 27.1. The first-order valence-electron chi connectivity index (χ1n) is 11.9. The first-order valence-corrected chi connectivity index (χ1v) is 14.3. The summed E-state index contributed by atoms with van der Waals surface area (Å²) >= 11 is 13.4. The average molecular weight is 574 g/mol. The SMILES string of the molecule is CCS(=O)(=O)c1ccc(CC(=O)Cc2cc(Cl)c(C3(c4noc(-c5ccc(F)cc5)n4)CC3)c(Cl)c2)cn1. The molecule has 1 aliphatic rings. The Morgan fingerprint density at radius 2 is 1.68 bits per heavy atom. The predicted molar refractivity (Wildman–Crippen MR) is 141 cm³/mol. The second-order valence-electron chi connectivity index (χ2n) is 9.25. The maximum atomic E-state index is 13.3. The summed E-state index contributed by atoms with van der Waals surface area (Å²) in [5.41, 5.74) is 1.96. The van der Waals surface area contributed by atoms with Gasteiger partial charge in [0.05, 0.1) is 11.2 Å². The minimum atomic E-state index is -3.40. The molecule has 0 spiro atoms. The molecule has 0 amide bonds. The van der Waals surface area contributed by atoms with Gasteiger partial charge in [-0.2, -0.15) is 4.98 Å². The Kier molecular flexibility index (Phi) is 7.11. The number of pyridine rings is 1. The molecular formula is C27H22Cl2FN3O4S. The Hall–Kier alpha value is -3.14. The lowest BCUT2D eigenvalue weighted by molar-refractivity contribution is -0.117. The van der Waals surface area contributed by atoms with E-state index in [2.05, 4.69) is 15.1 Å². The molecule has 0 saturated heterocycles. The number of carbonyl (C=O) groups excluding carboxylic acids is 1. The van der Waals surface area contributed by atoms with E-state index in [0.717, 1.165) is 12.8 Å². The van der Waals surface area contributed by atoms with Crippen molar-refractivity contribution < 1.29 is 22.1 Å². The van der Waals surface area contributed by atoms with Crippen molar-refractivity contribution in [3.05, 3.63) is 93.1 Å². The zero-order valence-electron chi connectivity index (χ0n) is 20.2. The van der Waals surface area contributed by atoms with Crippen LogP contribution in [0.2, 0.25) is 10.0 Å². The van der Waals surface area contributed by atoms with Gasteiger partial charge in [-0.3, -0.25) is 4.79 Å². The quantitative estimate of drug-likeness (QED) is 0.249. The molecule has 5 rings (SSSR count). The second kappa shape index (κ2) is 10.2. The van der Waals surface area contributed by atoms with Crippen LogP contribution in [0.25, 0.3) is 11.5 Å². The zero-order valence-corrected chi connectivity index (χ0v) is 22.6. The van der Waals surface area contributed by atoms with Crippen LogP contribution in [-0.2, 0) is 32.9 Å². The van der Waals surface area contributed by atoms with Gasteiger partial charge in [-0.1, -0.05) is 41.3 Å². The molecule has 1 saturated carbocycles. The van der Waals surface area contributed by atoms with Gasteiger partial charge in [0.1, 0.15) is 11.6 Å². The highest BCUT2D eigenvalue weighted by Crippen LogP contribution is 2.56. The Labute approximate surface area is 228 Å². The lowest BCUT2D eigenvalue weighted by Crippen LogP contribution is -2.14. The van der Waals surface area contributed by atoms with E-state index < -0.39 is 15.3 Å². The molecule has 196 valence electrons. The van der Waals surface area contributed by atoms with E-state index in [1.54, 1.807) is 37.3 Å². The highest BCUT2D eigenvalue weighted by molar-refractivity contribution is 7.91. The van der Waals surface area contributed by atoms with Gasteiger partial charge in [0, 0.05) is 40.2 Å². The van der Waals surface area contributed by atoms with Crippen LogP contribution < -0.4 is 0 Å². The maximum absolute atomic E-state index is 13.3. The molecule has 0 unspecified atom stereocenters. The summed E-state index contributed by atoms with van der Waals surface area (Å²) in [6, 6.07) is 12.2. The third-order valence-corrected chi connectivity index (χ3v) is 8.81. The molecule has 0 radical (unpaired) electrons. The van der Waals surface area contributed by atoms with Crippen molar-refractivity contribution in [3.63, 3.8) is 0 Å². The van der Waals surface area contributed by atoms with Gasteiger partial charge in [0.2, 0.25) is 0 Å². The van der Waals surface area contributed by atoms with Crippen molar-refractivity contribution in [2.45, 2.75) is 43.0 Å². The van der Waals surface area contributed by atoms with Gasteiger partial charge in [-0.15, -0.1) is 0 Å². The number of hydrogen-bond acceptors (Lipinski definition) is 7. The number of rotatable bonds is 9. The molecule has 4 aromatic rings. The molecule has 2 heterocycles. The van der Waals surface area contributed by atoms with Crippen LogP contribution in [0.3, 0.4) is 0 Å². The Morgan fingerprint density at radius 1 is 1.03 bits per heavy atom. The average Bonchev–Trinajstić information content (AvgIpc) is 3.51. The van der Waals surface area contributed by atoms with Crippen LogP contribution in [0.5, 0.6) is 0 Å². The summed E-state index contributed by atoms with van der Waals surface area (Å²) in [5, 5.41) is 4.96. The standard InChI is InChI=1S/C27H22Cl2FN3O4S/c1-2-38(35,36)23-8-3-16(15-31-23)11-20(34)12-17-13-21(28)24(22(29)14-17)27(9-10-27)26-32-25(37-33-26)18-4-6-19(30)7-5-18/h3-8,13-15H,2,9-12H2,1H3. The van der Waals surface area contributed by atoms with Crippen molar-refractivity contribution >= 4 is 38.8 Å². The van der Waals surface area contributed by atoms with Crippen LogP contribution in [-0.4, -0.2) is 35.1 Å². The van der Waals surface area contributed by atoms with E-state index >= 15 is 0 Å². The molecule has 0 bridgehead atoms. The lowest BCUT2D eigenvalue weighted by Gasteiger charge is -2.16. The maximum Gasteiger partial charge on any atom is 0.257 e. The molecule has 1 fully saturated rings. The fraction of sp³-hybridized carbons (Fsp3) is 0.259. The lowest BCUT2D eigenvalue weighted by atomic mass is 9.92. The van der Waals surface area contributed by atoms with Crippen LogP contribution in [0.4, 0.5) is 4.39 Å². The summed E-state index contributed by atoms with van der Waals surface area (Å²) in [5.74, 6) is 0.225. The first kappa shape index (κ1) is 26.5. The van der Waals surface area contributed by atoms with E-state index in [4.69, 9.17) is 27.7 Å². The largest absolute Gasteiger partial charge is 0.334 e. The van der Waals surface area contributed by atoms with Crippen LogP contribution >= 0.6 is 23.2 Å². The second-order valence-corrected chi connectivity index (χ2v) is 12.3. The summed E-state index contributed by atoms with van der Waals surface area (Å²) in [6.45, 7) is 1.55. The number of Topliss-reactive ketones (excluding diaryl/α,β-unsaturated/α-hetero) is 1. The molecule has 2 aromatic carbocycles. The van der Waals surface area contributed by atoms with Gasteiger partial charge < -0.3 is 4.52 Å². The summed E-state index contributed by atoms with van der Waals surface area (Å²) < 4.78 is 42.6. The summed E-state index contributed by atoms with van der Waals surface area (Å²) in [7, 11) is -3.40. The first-order chi connectivity index (χ1) is 18.1. The van der Waals surface area contributed by atoms with E-state index in [1.807, 2.05) is 0 Å². The molecule has 0 N–H and O–H groups in total. The van der Waals surface area contributed by atoms with Crippen LogP contribution in [0, 0.1) is 5.82 Å². The number of aromatic nitrogens is 3. The topological polar surface area (TPSA) is 103 Å². The number of nitrogens with zero attached hydrogens (tertiary/aromatic N) is 3. The fourth-order valence-electron chi connectivity index (χ4n) is 4.39. The number of halogens is 3. The number of carbonyl (C=O) groups is 1. The summed E-state index contributed by atoms with van der Waals surface area (Å²) in [6.07, 6.45) is 3.05. The van der Waals surface area contributed by atoms with Gasteiger partial charge in [0.25, 0.3) is 5.89 Å². The van der Waals surface area contributed by atoms with Gasteiger partial charge in [-0.25, -0.2) is 17.8 Å². The molecule has 0 atom stereocenters. The molecular weight excluding hydrogens is 552 g/mol. The van der Waals surface area contributed by atoms with E-state index in [9.17, 15) is 17.6 Å². The van der Waals surface area contributed by atoms with Gasteiger partial charge >= 0.3 is 0 Å². The van der Waals surface area contributed by atoms with Crippen molar-refractivity contribution in [2.75, 3.05) is 5.75 Å². The van der Waals surface area contributed by atoms with Crippen molar-refractivity contribution in [3.8, 4) is 11.5 Å². The van der Waals surface area contributed by atoms with Crippen LogP contribution in [0.1, 0.15) is 42.3 Å². The Balaban J connectivity index is 1.32.